The van der Waals surface area contributed by atoms with Gasteiger partial charge in [0.15, 0.2) is 5.69 Å². The quantitative estimate of drug-likeness (QED) is 0.896. The summed E-state index contributed by atoms with van der Waals surface area (Å²) >= 11 is 0. The SMILES string of the molecule is CN(C)c1cc(C(F)(F)F)nc(N2CCCC(Nc3ccccc3)C2)n1. The summed E-state index contributed by atoms with van der Waals surface area (Å²) in [5.41, 5.74) is 0.0858. The number of nitrogens with zero attached hydrogens (tertiary/aromatic N) is 4. The summed E-state index contributed by atoms with van der Waals surface area (Å²) in [5, 5.41) is 3.43. The number of para-hydroxylation sites is 1. The Morgan fingerprint density at radius 2 is 1.88 bits per heavy atom. The Balaban J connectivity index is 1.82. The van der Waals surface area contributed by atoms with E-state index in [1.165, 1.54) is 0 Å². The predicted molar refractivity (Wildman–Crippen MR) is 96.7 cm³/mol. The highest BCUT2D eigenvalue weighted by atomic mass is 19.4. The molecular formula is C18H22F3N5. The topological polar surface area (TPSA) is 44.3 Å². The lowest BCUT2D eigenvalue weighted by molar-refractivity contribution is -0.141. The number of rotatable bonds is 4. The molecule has 1 aliphatic heterocycles. The molecule has 1 aromatic carbocycles. The number of hydrogen-bond acceptors (Lipinski definition) is 5. The van der Waals surface area contributed by atoms with Crippen molar-refractivity contribution in [1.29, 1.82) is 0 Å². The Morgan fingerprint density at radius 1 is 1.15 bits per heavy atom. The molecule has 5 nitrogen and oxygen atoms in total. The third-order valence-electron chi connectivity index (χ3n) is 4.30. The van der Waals surface area contributed by atoms with Gasteiger partial charge in [0, 0.05) is 45.0 Å². The van der Waals surface area contributed by atoms with Gasteiger partial charge in [-0.1, -0.05) is 18.2 Å². The molecule has 0 radical (unpaired) electrons. The van der Waals surface area contributed by atoms with Crippen LogP contribution in [0.25, 0.3) is 0 Å². The molecule has 26 heavy (non-hydrogen) atoms. The van der Waals surface area contributed by atoms with E-state index < -0.39 is 11.9 Å². The number of benzene rings is 1. The van der Waals surface area contributed by atoms with Crippen molar-refractivity contribution in [1.82, 2.24) is 9.97 Å². The third-order valence-corrected chi connectivity index (χ3v) is 4.30. The van der Waals surface area contributed by atoms with Gasteiger partial charge in [0.1, 0.15) is 5.82 Å². The predicted octanol–water partition coefficient (Wildman–Crippen LogP) is 3.64. The van der Waals surface area contributed by atoms with Crippen molar-refractivity contribution in [3.63, 3.8) is 0 Å². The standard InChI is InChI=1S/C18H22F3N5/c1-25(2)16-11-15(18(19,20)21)23-17(24-16)26-10-6-9-14(12-26)22-13-7-4-3-5-8-13/h3-5,7-8,11,14,22H,6,9-10,12H2,1-2H3. The van der Waals surface area contributed by atoms with Gasteiger partial charge in [-0.3, -0.25) is 0 Å². The molecule has 1 unspecified atom stereocenters. The summed E-state index contributed by atoms with van der Waals surface area (Å²) in [6, 6.07) is 10.9. The van der Waals surface area contributed by atoms with E-state index >= 15 is 0 Å². The van der Waals surface area contributed by atoms with E-state index in [0.717, 1.165) is 24.6 Å². The molecule has 1 aromatic heterocycles. The largest absolute Gasteiger partial charge is 0.433 e. The van der Waals surface area contributed by atoms with Crippen molar-refractivity contribution in [2.45, 2.75) is 25.1 Å². The van der Waals surface area contributed by atoms with Crippen molar-refractivity contribution >= 4 is 17.5 Å². The lowest BCUT2D eigenvalue weighted by atomic mass is 10.1. The monoisotopic (exact) mass is 365 g/mol. The summed E-state index contributed by atoms with van der Waals surface area (Å²) in [4.78, 5) is 11.5. The van der Waals surface area contributed by atoms with Gasteiger partial charge >= 0.3 is 6.18 Å². The highest BCUT2D eigenvalue weighted by molar-refractivity contribution is 5.47. The second kappa shape index (κ2) is 7.39. The van der Waals surface area contributed by atoms with E-state index in [4.69, 9.17) is 0 Å². The van der Waals surface area contributed by atoms with Crippen molar-refractivity contribution in [2.24, 2.45) is 0 Å². The number of aromatic nitrogens is 2. The molecule has 0 aliphatic carbocycles. The maximum atomic E-state index is 13.2. The van der Waals surface area contributed by atoms with Gasteiger partial charge in [-0.05, 0) is 25.0 Å². The smallest absolute Gasteiger partial charge is 0.381 e. The Morgan fingerprint density at radius 3 is 2.54 bits per heavy atom. The Labute approximate surface area is 150 Å². The zero-order valence-electron chi connectivity index (χ0n) is 14.8. The first-order chi connectivity index (χ1) is 12.3. The lowest BCUT2D eigenvalue weighted by Crippen LogP contribution is -2.43. The minimum Gasteiger partial charge on any atom is -0.381 e. The van der Waals surface area contributed by atoms with Crippen LogP contribution in [0.15, 0.2) is 36.4 Å². The van der Waals surface area contributed by atoms with Crippen molar-refractivity contribution in [3.05, 3.63) is 42.1 Å². The first-order valence-corrected chi connectivity index (χ1v) is 8.53. The van der Waals surface area contributed by atoms with Crippen LogP contribution in [0.1, 0.15) is 18.5 Å². The summed E-state index contributed by atoms with van der Waals surface area (Å²) in [5.74, 6) is 0.378. The number of piperidine rings is 1. The fourth-order valence-electron chi connectivity index (χ4n) is 2.98. The van der Waals surface area contributed by atoms with Crippen LogP contribution in [-0.4, -0.2) is 43.2 Å². The van der Waals surface area contributed by atoms with Gasteiger partial charge in [0.25, 0.3) is 0 Å². The third kappa shape index (κ3) is 4.36. The number of halogens is 3. The Kier molecular flexibility index (Phi) is 5.20. The van der Waals surface area contributed by atoms with Gasteiger partial charge in [0.05, 0.1) is 0 Å². The average Bonchev–Trinajstić information content (AvgIpc) is 2.61. The van der Waals surface area contributed by atoms with E-state index in [2.05, 4.69) is 15.3 Å². The summed E-state index contributed by atoms with van der Waals surface area (Å²) in [6.07, 6.45) is -2.69. The van der Waals surface area contributed by atoms with E-state index in [9.17, 15) is 13.2 Å². The van der Waals surface area contributed by atoms with Gasteiger partial charge in [-0.25, -0.2) is 4.98 Å². The second-order valence-corrected chi connectivity index (χ2v) is 6.60. The molecule has 1 saturated heterocycles. The minimum absolute atomic E-state index is 0.128. The van der Waals surface area contributed by atoms with Crippen molar-refractivity contribution in [3.8, 4) is 0 Å². The van der Waals surface area contributed by atoms with E-state index in [-0.39, 0.29) is 17.8 Å². The number of alkyl halides is 3. The van der Waals surface area contributed by atoms with Crippen LogP contribution in [0.4, 0.5) is 30.6 Å². The van der Waals surface area contributed by atoms with Crippen LogP contribution in [0, 0.1) is 0 Å². The Hall–Kier alpha value is -2.51. The number of anilines is 3. The van der Waals surface area contributed by atoms with Gasteiger partial charge in [-0.15, -0.1) is 0 Å². The zero-order valence-corrected chi connectivity index (χ0v) is 14.8. The average molecular weight is 365 g/mol. The zero-order chi connectivity index (χ0) is 18.7. The fourth-order valence-corrected chi connectivity index (χ4v) is 2.98. The van der Waals surface area contributed by atoms with Crippen LogP contribution < -0.4 is 15.1 Å². The molecule has 1 atom stereocenters. The van der Waals surface area contributed by atoms with Crippen molar-refractivity contribution < 1.29 is 13.2 Å². The summed E-state index contributed by atoms with van der Waals surface area (Å²) in [6.45, 7) is 1.20. The summed E-state index contributed by atoms with van der Waals surface area (Å²) < 4.78 is 39.6. The first kappa shape index (κ1) is 18.3. The maximum Gasteiger partial charge on any atom is 0.433 e. The molecule has 0 bridgehead atoms. The molecule has 0 saturated carbocycles. The van der Waals surface area contributed by atoms with Crippen LogP contribution in [-0.2, 0) is 6.18 Å². The first-order valence-electron chi connectivity index (χ1n) is 8.53. The highest BCUT2D eigenvalue weighted by Gasteiger charge is 2.35. The molecule has 0 amide bonds. The van der Waals surface area contributed by atoms with E-state index in [0.29, 0.717) is 13.1 Å². The van der Waals surface area contributed by atoms with Gasteiger partial charge in [-0.2, -0.15) is 18.2 Å². The summed E-state index contributed by atoms with van der Waals surface area (Å²) in [7, 11) is 3.34. The molecule has 1 aliphatic rings. The molecule has 1 fully saturated rings. The van der Waals surface area contributed by atoms with Gasteiger partial charge in [0.2, 0.25) is 5.95 Å². The van der Waals surface area contributed by atoms with Crippen molar-refractivity contribution in [2.75, 3.05) is 42.3 Å². The van der Waals surface area contributed by atoms with Crippen LogP contribution in [0.5, 0.6) is 0 Å². The second-order valence-electron chi connectivity index (χ2n) is 6.60. The van der Waals surface area contributed by atoms with Gasteiger partial charge < -0.3 is 15.1 Å². The molecule has 140 valence electrons. The molecule has 8 heteroatoms. The molecule has 1 N–H and O–H groups in total. The molecule has 2 aromatic rings. The minimum atomic E-state index is -4.50. The fraction of sp³-hybridized carbons (Fsp3) is 0.444. The van der Waals surface area contributed by atoms with E-state index in [1.807, 2.05) is 35.2 Å². The number of hydrogen-bond donors (Lipinski definition) is 1. The van der Waals surface area contributed by atoms with Crippen LogP contribution in [0.3, 0.4) is 0 Å². The van der Waals surface area contributed by atoms with E-state index in [1.54, 1.807) is 19.0 Å². The molecule has 3 rings (SSSR count). The maximum absolute atomic E-state index is 13.2. The molecule has 0 spiro atoms. The highest BCUT2D eigenvalue weighted by Crippen LogP contribution is 2.31. The lowest BCUT2D eigenvalue weighted by Gasteiger charge is -2.34. The normalized spacial score (nSPS) is 17.9. The molecular weight excluding hydrogens is 343 g/mol. The van der Waals surface area contributed by atoms with Crippen LogP contribution in [0.2, 0.25) is 0 Å². The Bertz CT molecular complexity index is 733. The van der Waals surface area contributed by atoms with Crippen LogP contribution >= 0.6 is 0 Å². The number of nitrogens with one attached hydrogen (secondary N) is 1. The molecule has 2 heterocycles.